The predicted molar refractivity (Wildman–Crippen MR) is 190 cm³/mol. The molecule has 1 nitrogen and oxygen atoms in total. The molecule has 1 heterocycles. The van der Waals surface area contributed by atoms with Gasteiger partial charge in [-0.05, 0) is 78.7 Å². The normalized spacial score (nSPS) is 16.8. The Balaban J connectivity index is 1.54. The summed E-state index contributed by atoms with van der Waals surface area (Å²) in [6, 6.07) is 7.03. The van der Waals surface area contributed by atoms with Crippen molar-refractivity contribution in [2.24, 2.45) is 0 Å². The summed E-state index contributed by atoms with van der Waals surface area (Å²) in [7, 11) is 0. The third kappa shape index (κ3) is 4.17. The van der Waals surface area contributed by atoms with E-state index in [2.05, 4.69) is 0 Å². The maximum atomic E-state index is 9.43. The average Bonchev–Trinajstić information content (AvgIpc) is 3.65. The molecule has 45 heavy (non-hydrogen) atoms. The van der Waals surface area contributed by atoms with Crippen molar-refractivity contribution < 1.29 is 27.7 Å². The van der Waals surface area contributed by atoms with E-state index in [1.807, 2.05) is 48.5 Å². The van der Waals surface area contributed by atoms with Crippen LogP contribution in [0.4, 0.5) is 0 Å². The van der Waals surface area contributed by atoms with E-state index in [1.54, 1.807) is 18.2 Å². The largest absolute Gasteiger partial charge is 0.455 e. The lowest BCUT2D eigenvalue weighted by Crippen LogP contribution is -1.91. The first-order valence-corrected chi connectivity index (χ1v) is 14.1. The molecule has 0 aliphatic heterocycles. The zero-order chi connectivity index (χ0) is 44.5. The van der Waals surface area contributed by atoms with E-state index in [4.69, 9.17) is 16.8 Å². The standard InChI is InChI=1S/C44H28O/c1-3-13-29(14-4-1)30-23-25-32(26-24-30)42-35-18-7-9-20-37(35)43(38-21-10-8-19-36(38)42)33-27-39(31-15-5-2-6-16-31)44-40(28-33)34-17-11-12-22-41(34)45-44/h1-28H/i1D,3D,4D,7D,8D,9D,10D,13D,14D,18D,19D,20D,21D,23D,24D,25D,26D. The fourth-order valence-corrected chi connectivity index (χ4v) is 5.90. The molecule has 1 aromatic heterocycles. The highest BCUT2D eigenvalue weighted by molar-refractivity contribution is 6.23. The molecule has 9 aromatic rings. The second kappa shape index (κ2) is 10.4. The van der Waals surface area contributed by atoms with Gasteiger partial charge in [0.25, 0.3) is 0 Å². The third-order valence-electron chi connectivity index (χ3n) is 7.85. The van der Waals surface area contributed by atoms with E-state index < -0.39 is 125 Å². The minimum absolute atomic E-state index is 0.0203. The molecule has 9 rings (SSSR count). The van der Waals surface area contributed by atoms with E-state index in [0.717, 1.165) is 0 Å². The number of para-hydroxylation sites is 1. The van der Waals surface area contributed by atoms with Crippen LogP contribution in [-0.4, -0.2) is 0 Å². The van der Waals surface area contributed by atoms with Gasteiger partial charge in [-0.25, -0.2) is 0 Å². The monoisotopic (exact) mass is 589 g/mol. The van der Waals surface area contributed by atoms with Gasteiger partial charge in [0.15, 0.2) is 0 Å². The van der Waals surface area contributed by atoms with Crippen LogP contribution in [0.5, 0.6) is 0 Å². The van der Waals surface area contributed by atoms with Gasteiger partial charge in [0.2, 0.25) is 0 Å². The first-order valence-electron chi connectivity index (χ1n) is 22.6. The summed E-state index contributed by atoms with van der Waals surface area (Å²) in [6.45, 7) is 0. The maximum Gasteiger partial charge on any atom is 0.143 e. The van der Waals surface area contributed by atoms with Gasteiger partial charge in [0, 0.05) is 16.3 Å². The SMILES string of the molecule is [2H]c1c([2H])c([2H])c(-c2c([2H])c([2H])c(-c3c4c([2H])c([2H])c([2H])c([2H])c4c(-c4cc(-c5ccccc5)c5oc6ccccc6c5c4)c4c([2H])c([2H])c([2H])c([2H])c34)c([2H])c2[2H])c([2H])c1[2H]. The zero-order valence-corrected chi connectivity index (χ0v) is 23.3. The number of rotatable bonds is 4. The van der Waals surface area contributed by atoms with Gasteiger partial charge in [-0.15, -0.1) is 0 Å². The van der Waals surface area contributed by atoms with Gasteiger partial charge in [-0.1, -0.05) is 151 Å². The molecule has 0 spiro atoms. The fraction of sp³-hybridized carbons (Fsp3) is 0. The Kier molecular flexibility index (Phi) is 3.18. The van der Waals surface area contributed by atoms with Crippen LogP contribution >= 0.6 is 0 Å². The molecule has 0 atom stereocenters. The molecule has 1 heteroatoms. The highest BCUT2D eigenvalue weighted by Gasteiger charge is 2.20. The average molecular weight is 590 g/mol. The van der Waals surface area contributed by atoms with Gasteiger partial charge >= 0.3 is 0 Å². The first kappa shape index (κ1) is 13.8. The van der Waals surface area contributed by atoms with Crippen LogP contribution < -0.4 is 0 Å². The van der Waals surface area contributed by atoms with Crippen molar-refractivity contribution in [3.05, 3.63) is 169 Å². The van der Waals surface area contributed by atoms with Crippen molar-refractivity contribution in [2.45, 2.75) is 0 Å². The van der Waals surface area contributed by atoms with Crippen molar-refractivity contribution >= 4 is 43.5 Å². The van der Waals surface area contributed by atoms with E-state index >= 15 is 0 Å². The quantitative estimate of drug-likeness (QED) is 0.186. The molecular formula is C44H28O. The van der Waals surface area contributed by atoms with Crippen LogP contribution in [0.3, 0.4) is 0 Å². The summed E-state index contributed by atoms with van der Waals surface area (Å²) in [6.07, 6.45) is 0. The Morgan fingerprint density at radius 1 is 0.378 bits per heavy atom. The second-order valence-corrected chi connectivity index (χ2v) is 10.4. The minimum atomic E-state index is -0.864. The zero-order valence-electron chi connectivity index (χ0n) is 40.3. The fourth-order valence-electron chi connectivity index (χ4n) is 5.90. The van der Waals surface area contributed by atoms with Crippen LogP contribution in [0.1, 0.15) is 23.3 Å². The summed E-state index contributed by atoms with van der Waals surface area (Å²) in [5.41, 5.74) is 0.255. The highest BCUT2D eigenvalue weighted by Crippen LogP contribution is 2.46. The van der Waals surface area contributed by atoms with E-state index in [0.29, 0.717) is 33.1 Å². The molecule has 0 saturated heterocycles. The molecule has 0 unspecified atom stereocenters. The summed E-state index contributed by atoms with van der Waals surface area (Å²) >= 11 is 0. The van der Waals surface area contributed by atoms with Crippen molar-refractivity contribution in [3.63, 3.8) is 0 Å². The second-order valence-electron chi connectivity index (χ2n) is 10.4. The lowest BCUT2D eigenvalue weighted by molar-refractivity contribution is 0.670. The summed E-state index contributed by atoms with van der Waals surface area (Å²) < 4.78 is 158. The molecule has 0 radical (unpaired) electrons. The maximum absolute atomic E-state index is 9.43. The Hall–Kier alpha value is -5.92. The number of furan rings is 1. The molecule has 0 N–H and O–H groups in total. The molecule has 0 fully saturated rings. The van der Waals surface area contributed by atoms with Crippen LogP contribution in [0.25, 0.3) is 88.0 Å². The van der Waals surface area contributed by atoms with Crippen LogP contribution in [0, 0.1) is 0 Å². The van der Waals surface area contributed by atoms with Crippen molar-refractivity contribution in [2.75, 3.05) is 0 Å². The van der Waals surface area contributed by atoms with Gasteiger partial charge in [0.1, 0.15) is 11.2 Å². The Bertz CT molecular complexity index is 3350. The number of hydrogen-bond donors (Lipinski definition) is 0. The van der Waals surface area contributed by atoms with Gasteiger partial charge in [0.05, 0.1) is 23.3 Å². The predicted octanol–water partition coefficient (Wildman–Crippen LogP) is 12.6. The molecular weight excluding hydrogens is 544 g/mol. The molecule has 210 valence electrons. The summed E-state index contributed by atoms with van der Waals surface area (Å²) in [5, 5.41) is 0.0874. The van der Waals surface area contributed by atoms with E-state index in [9.17, 15) is 11.0 Å². The van der Waals surface area contributed by atoms with E-state index in [1.165, 1.54) is 0 Å². The lowest BCUT2D eigenvalue weighted by Gasteiger charge is -2.18. The Morgan fingerprint density at radius 3 is 1.58 bits per heavy atom. The van der Waals surface area contributed by atoms with Crippen molar-refractivity contribution in [1.29, 1.82) is 0 Å². The van der Waals surface area contributed by atoms with E-state index in [-0.39, 0.29) is 32.7 Å². The number of benzene rings is 8. The molecule has 0 saturated carbocycles. The molecule has 0 bridgehead atoms. The van der Waals surface area contributed by atoms with Crippen LogP contribution in [0.2, 0.25) is 0 Å². The molecule has 0 amide bonds. The Labute approximate surface area is 285 Å². The van der Waals surface area contributed by atoms with Gasteiger partial charge < -0.3 is 4.42 Å². The Morgan fingerprint density at radius 2 is 0.911 bits per heavy atom. The molecule has 0 aliphatic carbocycles. The molecule has 0 aliphatic rings. The topological polar surface area (TPSA) is 13.1 Å². The lowest BCUT2D eigenvalue weighted by atomic mass is 9.84. The van der Waals surface area contributed by atoms with Gasteiger partial charge in [-0.3, -0.25) is 0 Å². The summed E-state index contributed by atoms with van der Waals surface area (Å²) in [5.74, 6) is 0. The number of fused-ring (bicyclic) bond motifs is 5. The molecule has 8 aromatic carbocycles. The van der Waals surface area contributed by atoms with Crippen molar-refractivity contribution in [1.82, 2.24) is 0 Å². The minimum Gasteiger partial charge on any atom is -0.455 e. The van der Waals surface area contributed by atoms with Crippen LogP contribution in [-0.2, 0) is 0 Å². The smallest absolute Gasteiger partial charge is 0.143 e. The van der Waals surface area contributed by atoms with Crippen LogP contribution in [0.15, 0.2) is 174 Å². The third-order valence-corrected chi connectivity index (χ3v) is 7.85. The van der Waals surface area contributed by atoms with Gasteiger partial charge in [-0.2, -0.15) is 0 Å². The summed E-state index contributed by atoms with van der Waals surface area (Å²) in [4.78, 5) is 0. The number of hydrogen-bond acceptors (Lipinski definition) is 1. The van der Waals surface area contributed by atoms with Crippen molar-refractivity contribution in [3.8, 4) is 44.5 Å². The first-order chi connectivity index (χ1) is 29.4. The highest BCUT2D eigenvalue weighted by atomic mass is 16.3.